The zero-order valence-corrected chi connectivity index (χ0v) is 7.40. The van der Waals surface area contributed by atoms with Crippen molar-refractivity contribution in [2.75, 3.05) is 0 Å². The monoisotopic (exact) mass is 168 g/mol. The van der Waals surface area contributed by atoms with E-state index in [2.05, 4.69) is 15.4 Å². The molecule has 1 N–H and O–H groups in total. The van der Waals surface area contributed by atoms with Gasteiger partial charge in [-0.15, -0.1) is 5.10 Å². The van der Waals surface area contributed by atoms with E-state index in [4.69, 9.17) is 0 Å². The lowest BCUT2D eigenvalue weighted by atomic mass is 10.4. The number of nitrogens with zero attached hydrogens (tertiary/aromatic N) is 3. The molecular weight excluding hydrogens is 156 g/mol. The zero-order valence-electron chi connectivity index (χ0n) is 7.40. The van der Waals surface area contributed by atoms with Crippen LogP contribution in [0.25, 0.3) is 0 Å². The highest BCUT2D eigenvalue weighted by Crippen LogP contribution is 1.88. The van der Waals surface area contributed by atoms with E-state index < -0.39 is 0 Å². The first kappa shape index (κ1) is 8.70. The molecule has 0 aliphatic heterocycles. The minimum absolute atomic E-state index is 0.112. The number of aryl methyl sites for hydroxylation is 1. The molecule has 1 heterocycles. The van der Waals surface area contributed by atoms with Gasteiger partial charge in [0.05, 0.1) is 0 Å². The minimum atomic E-state index is -0.231. The van der Waals surface area contributed by atoms with Gasteiger partial charge in [-0.05, 0) is 13.8 Å². The Labute approximate surface area is 70.8 Å². The van der Waals surface area contributed by atoms with Crippen molar-refractivity contribution in [2.24, 2.45) is 7.05 Å². The van der Waals surface area contributed by atoms with Crippen LogP contribution in [-0.4, -0.2) is 26.7 Å². The highest BCUT2D eigenvalue weighted by Gasteiger charge is 2.10. The van der Waals surface area contributed by atoms with E-state index in [1.54, 1.807) is 7.05 Å². The first-order valence-corrected chi connectivity index (χ1v) is 3.76. The molecule has 0 saturated heterocycles. The van der Waals surface area contributed by atoms with Crippen LogP contribution < -0.4 is 5.32 Å². The number of carbonyl (C=O) groups is 1. The molecule has 0 fully saturated rings. The summed E-state index contributed by atoms with van der Waals surface area (Å²) in [5, 5.41) is 6.55. The molecule has 0 bridgehead atoms. The summed E-state index contributed by atoms with van der Waals surface area (Å²) in [5.74, 6) is -0.0169. The Morgan fingerprint density at radius 1 is 1.67 bits per heavy atom. The second-order valence-electron chi connectivity index (χ2n) is 2.87. The van der Waals surface area contributed by atoms with Gasteiger partial charge >= 0.3 is 0 Å². The van der Waals surface area contributed by atoms with Crippen molar-refractivity contribution in [3.8, 4) is 0 Å². The van der Waals surface area contributed by atoms with E-state index in [9.17, 15) is 4.79 Å². The Morgan fingerprint density at radius 3 is 2.75 bits per heavy atom. The van der Waals surface area contributed by atoms with Crippen molar-refractivity contribution in [3.05, 3.63) is 12.2 Å². The molecular formula is C7H12N4O. The molecule has 1 rings (SSSR count). The SMILES string of the molecule is CC(C)NC(=O)c1ncn(C)n1. The topological polar surface area (TPSA) is 59.8 Å². The van der Waals surface area contributed by atoms with Crippen LogP contribution in [-0.2, 0) is 7.05 Å². The van der Waals surface area contributed by atoms with Crippen LogP contribution >= 0.6 is 0 Å². The summed E-state index contributed by atoms with van der Waals surface area (Å²) in [6.45, 7) is 3.78. The average Bonchev–Trinajstić information content (AvgIpc) is 2.34. The van der Waals surface area contributed by atoms with Gasteiger partial charge in [0.25, 0.3) is 5.91 Å². The third-order valence-corrected chi connectivity index (χ3v) is 1.22. The molecule has 0 radical (unpaired) electrons. The molecule has 0 spiro atoms. The normalized spacial score (nSPS) is 10.3. The third-order valence-electron chi connectivity index (χ3n) is 1.22. The lowest BCUT2D eigenvalue weighted by Crippen LogP contribution is -2.31. The molecule has 0 aliphatic carbocycles. The van der Waals surface area contributed by atoms with Gasteiger partial charge in [-0.25, -0.2) is 4.98 Å². The van der Waals surface area contributed by atoms with Gasteiger partial charge in [-0.2, -0.15) is 0 Å². The quantitative estimate of drug-likeness (QED) is 0.673. The fourth-order valence-electron chi connectivity index (χ4n) is 0.770. The highest BCUT2D eigenvalue weighted by molar-refractivity contribution is 5.90. The molecule has 0 atom stereocenters. The van der Waals surface area contributed by atoms with E-state index in [-0.39, 0.29) is 17.8 Å². The molecule has 1 aromatic heterocycles. The zero-order chi connectivity index (χ0) is 9.14. The van der Waals surface area contributed by atoms with Crippen LogP contribution in [0.15, 0.2) is 6.33 Å². The van der Waals surface area contributed by atoms with E-state index in [0.717, 1.165) is 0 Å². The molecule has 12 heavy (non-hydrogen) atoms. The maximum Gasteiger partial charge on any atom is 0.291 e. The predicted molar refractivity (Wildman–Crippen MR) is 43.6 cm³/mol. The average molecular weight is 168 g/mol. The molecule has 0 aromatic carbocycles. The number of hydrogen-bond acceptors (Lipinski definition) is 3. The fraction of sp³-hybridized carbons (Fsp3) is 0.571. The van der Waals surface area contributed by atoms with Gasteiger partial charge in [-0.3, -0.25) is 9.48 Å². The van der Waals surface area contributed by atoms with E-state index in [1.807, 2.05) is 13.8 Å². The van der Waals surface area contributed by atoms with Gasteiger partial charge < -0.3 is 5.32 Å². The number of amides is 1. The number of hydrogen-bond donors (Lipinski definition) is 1. The van der Waals surface area contributed by atoms with Crippen LogP contribution in [0, 0.1) is 0 Å². The van der Waals surface area contributed by atoms with Gasteiger partial charge in [0.2, 0.25) is 5.82 Å². The van der Waals surface area contributed by atoms with Crippen molar-refractivity contribution in [1.82, 2.24) is 20.1 Å². The second-order valence-corrected chi connectivity index (χ2v) is 2.87. The van der Waals surface area contributed by atoms with E-state index in [1.165, 1.54) is 11.0 Å². The summed E-state index contributed by atoms with van der Waals surface area (Å²) in [5.41, 5.74) is 0. The minimum Gasteiger partial charge on any atom is -0.347 e. The molecule has 0 aliphatic rings. The maximum atomic E-state index is 11.2. The number of carbonyl (C=O) groups excluding carboxylic acids is 1. The molecule has 66 valence electrons. The molecule has 1 amide bonds. The largest absolute Gasteiger partial charge is 0.347 e. The number of aromatic nitrogens is 3. The second kappa shape index (κ2) is 3.34. The van der Waals surface area contributed by atoms with Crippen molar-refractivity contribution in [2.45, 2.75) is 19.9 Å². The van der Waals surface area contributed by atoms with Crippen LogP contribution in [0.4, 0.5) is 0 Å². The van der Waals surface area contributed by atoms with Gasteiger partial charge in [0, 0.05) is 13.1 Å². The first-order valence-electron chi connectivity index (χ1n) is 3.76. The van der Waals surface area contributed by atoms with Crippen molar-refractivity contribution >= 4 is 5.91 Å². The first-order chi connectivity index (χ1) is 5.59. The summed E-state index contributed by atoms with van der Waals surface area (Å²) in [6, 6.07) is 0.112. The van der Waals surface area contributed by atoms with Crippen molar-refractivity contribution in [1.29, 1.82) is 0 Å². The van der Waals surface area contributed by atoms with Crippen LogP contribution in [0.1, 0.15) is 24.5 Å². The van der Waals surface area contributed by atoms with E-state index >= 15 is 0 Å². The van der Waals surface area contributed by atoms with Crippen LogP contribution in [0.2, 0.25) is 0 Å². The fourth-order valence-corrected chi connectivity index (χ4v) is 0.770. The molecule has 0 unspecified atom stereocenters. The lowest BCUT2D eigenvalue weighted by molar-refractivity contribution is 0.0932. The smallest absolute Gasteiger partial charge is 0.291 e. The Balaban J connectivity index is 2.65. The standard InChI is InChI=1S/C7H12N4O/c1-5(2)9-7(12)6-8-4-11(3)10-6/h4-5H,1-3H3,(H,9,12). The predicted octanol–water partition coefficient (Wildman–Crippen LogP) is -0.0467. The molecule has 5 nitrogen and oxygen atoms in total. The Hall–Kier alpha value is -1.39. The Bertz CT molecular complexity index is 279. The van der Waals surface area contributed by atoms with Crippen molar-refractivity contribution in [3.63, 3.8) is 0 Å². The third kappa shape index (κ3) is 2.05. The van der Waals surface area contributed by atoms with E-state index in [0.29, 0.717) is 0 Å². The molecule has 1 aromatic rings. The van der Waals surface area contributed by atoms with Crippen LogP contribution in [0.5, 0.6) is 0 Å². The lowest BCUT2D eigenvalue weighted by Gasteiger charge is -2.04. The van der Waals surface area contributed by atoms with Gasteiger partial charge in [0.15, 0.2) is 0 Å². The summed E-state index contributed by atoms with van der Waals surface area (Å²) in [4.78, 5) is 15.0. The summed E-state index contributed by atoms with van der Waals surface area (Å²) >= 11 is 0. The molecule has 5 heteroatoms. The number of nitrogens with one attached hydrogen (secondary N) is 1. The Morgan fingerprint density at radius 2 is 2.33 bits per heavy atom. The van der Waals surface area contributed by atoms with Gasteiger partial charge in [-0.1, -0.05) is 0 Å². The summed E-state index contributed by atoms with van der Waals surface area (Å²) in [7, 11) is 1.72. The summed E-state index contributed by atoms with van der Waals surface area (Å²) < 4.78 is 1.50. The van der Waals surface area contributed by atoms with Crippen molar-refractivity contribution < 1.29 is 4.79 Å². The number of rotatable bonds is 2. The summed E-state index contributed by atoms with van der Waals surface area (Å²) in [6.07, 6.45) is 1.50. The maximum absolute atomic E-state index is 11.2. The molecule has 0 saturated carbocycles. The van der Waals surface area contributed by atoms with Gasteiger partial charge in [0.1, 0.15) is 6.33 Å². The highest BCUT2D eigenvalue weighted by atomic mass is 16.2. The Kier molecular flexibility index (Phi) is 2.42. The van der Waals surface area contributed by atoms with Crippen LogP contribution in [0.3, 0.4) is 0 Å².